The molecule has 0 saturated heterocycles. The molecule has 0 saturated carbocycles. The predicted molar refractivity (Wildman–Crippen MR) is 83.4 cm³/mol. The van der Waals surface area contributed by atoms with Crippen LogP contribution in [0.2, 0.25) is 0 Å². The Morgan fingerprint density at radius 1 is 1.27 bits per heavy atom. The van der Waals surface area contributed by atoms with Gasteiger partial charge >= 0.3 is 0 Å². The van der Waals surface area contributed by atoms with Gasteiger partial charge in [0.1, 0.15) is 0 Å². The van der Waals surface area contributed by atoms with Crippen LogP contribution in [-0.4, -0.2) is 34.7 Å². The van der Waals surface area contributed by atoms with Crippen LogP contribution in [0, 0.1) is 0 Å². The number of carbonyl (C=O) groups excluding carboxylic acids is 1. The van der Waals surface area contributed by atoms with Crippen LogP contribution in [0.1, 0.15) is 21.5 Å². The first-order valence-electron chi connectivity index (χ1n) is 7.40. The molecule has 1 amide bonds. The van der Waals surface area contributed by atoms with Gasteiger partial charge in [-0.3, -0.25) is 9.78 Å². The fraction of sp³-hybridized carbons (Fsp3) is 0.294. The SMILES string of the molecule is O=C(NCC(O)C1Cc2ccccc2CN1)c1ccncc1. The highest BCUT2D eigenvalue weighted by Crippen LogP contribution is 2.17. The summed E-state index contributed by atoms with van der Waals surface area (Å²) in [5.74, 6) is -0.197. The van der Waals surface area contributed by atoms with Gasteiger partial charge in [0.25, 0.3) is 5.91 Å². The van der Waals surface area contributed by atoms with E-state index in [2.05, 4.69) is 27.8 Å². The number of fused-ring (bicyclic) bond motifs is 1. The first-order valence-corrected chi connectivity index (χ1v) is 7.40. The first-order chi connectivity index (χ1) is 10.7. The summed E-state index contributed by atoms with van der Waals surface area (Å²) in [5.41, 5.74) is 3.07. The molecule has 114 valence electrons. The molecule has 0 radical (unpaired) electrons. The number of amides is 1. The van der Waals surface area contributed by atoms with Crippen molar-refractivity contribution in [3.8, 4) is 0 Å². The van der Waals surface area contributed by atoms with Gasteiger partial charge in [-0.1, -0.05) is 24.3 Å². The zero-order valence-electron chi connectivity index (χ0n) is 12.2. The normalized spacial score (nSPS) is 18.3. The molecule has 3 N–H and O–H groups in total. The Labute approximate surface area is 129 Å². The quantitative estimate of drug-likeness (QED) is 0.783. The summed E-state index contributed by atoms with van der Waals surface area (Å²) in [7, 11) is 0. The number of nitrogens with zero attached hydrogens (tertiary/aromatic N) is 1. The monoisotopic (exact) mass is 297 g/mol. The standard InChI is InChI=1S/C17H19N3O2/c21-16(11-20-17(22)12-5-7-18-8-6-12)15-9-13-3-1-2-4-14(13)10-19-15/h1-8,15-16,19,21H,9-11H2,(H,20,22). The Morgan fingerprint density at radius 3 is 2.77 bits per heavy atom. The number of carbonyl (C=O) groups is 1. The highest BCUT2D eigenvalue weighted by Gasteiger charge is 2.24. The van der Waals surface area contributed by atoms with E-state index in [0.29, 0.717) is 5.56 Å². The number of hydrogen-bond donors (Lipinski definition) is 3. The number of hydrogen-bond acceptors (Lipinski definition) is 4. The van der Waals surface area contributed by atoms with Crippen LogP contribution in [0.4, 0.5) is 0 Å². The largest absolute Gasteiger partial charge is 0.390 e. The molecule has 1 aliphatic heterocycles. The molecule has 0 bridgehead atoms. The number of pyridine rings is 1. The summed E-state index contributed by atoms with van der Waals surface area (Å²) >= 11 is 0. The molecule has 0 spiro atoms. The third kappa shape index (κ3) is 3.32. The maximum absolute atomic E-state index is 12.0. The van der Waals surface area contributed by atoms with E-state index in [0.717, 1.165) is 13.0 Å². The maximum atomic E-state index is 12.0. The molecule has 2 heterocycles. The van der Waals surface area contributed by atoms with E-state index < -0.39 is 6.10 Å². The Bertz CT molecular complexity index is 645. The highest BCUT2D eigenvalue weighted by molar-refractivity contribution is 5.93. The zero-order valence-corrected chi connectivity index (χ0v) is 12.2. The van der Waals surface area contributed by atoms with Crippen LogP contribution in [0.5, 0.6) is 0 Å². The second-order valence-corrected chi connectivity index (χ2v) is 5.47. The van der Waals surface area contributed by atoms with E-state index >= 15 is 0 Å². The van der Waals surface area contributed by atoms with Crippen molar-refractivity contribution < 1.29 is 9.90 Å². The van der Waals surface area contributed by atoms with Crippen molar-refractivity contribution in [3.63, 3.8) is 0 Å². The van der Waals surface area contributed by atoms with Gasteiger partial charge in [-0.05, 0) is 29.7 Å². The molecule has 2 unspecified atom stereocenters. The van der Waals surface area contributed by atoms with Crippen molar-refractivity contribution in [2.75, 3.05) is 6.54 Å². The van der Waals surface area contributed by atoms with Gasteiger partial charge in [-0.2, -0.15) is 0 Å². The van der Waals surface area contributed by atoms with Crippen LogP contribution in [0.15, 0.2) is 48.8 Å². The van der Waals surface area contributed by atoms with E-state index in [1.165, 1.54) is 11.1 Å². The molecule has 5 nitrogen and oxygen atoms in total. The predicted octanol–water partition coefficient (Wildman–Crippen LogP) is 0.887. The lowest BCUT2D eigenvalue weighted by molar-refractivity contribution is 0.0870. The van der Waals surface area contributed by atoms with Crippen molar-refractivity contribution in [2.24, 2.45) is 0 Å². The van der Waals surface area contributed by atoms with Gasteiger partial charge in [0.2, 0.25) is 0 Å². The lowest BCUT2D eigenvalue weighted by atomic mass is 9.93. The molecule has 1 aliphatic rings. The zero-order chi connectivity index (χ0) is 15.4. The third-order valence-corrected chi connectivity index (χ3v) is 3.99. The smallest absolute Gasteiger partial charge is 0.251 e. The summed E-state index contributed by atoms with van der Waals surface area (Å²) in [6, 6.07) is 11.5. The first kappa shape index (κ1) is 14.7. The van der Waals surface area contributed by atoms with Crippen molar-refractivity contribution in [1.29, 1.82) is 0 Å². The molecular formula is C17H19N3O2. The number of benzene rings is 1. The Morgan fingerprint density at radius 2 is 2.00 bits per heavy atom. The molecule has 1 aromatic heterocycles. The van der Waals surface area contributed by atoms with E-state index in [-0.39, 0.29) is 18.5 Å². The van der Waals surface area contributed by atoms with Crippen molar-refractivity contribution in [2.45, 2.75) is 25.1 Å². The minimum Gasteiger partial charge on any atom is -0.390 e. The van der Waals surface area contributed by atoms with E-state index in [1.807, 2.05) is 12.1 Å². The number of aromatic nitrogens is 1. The fourth-order valence-electron chi connectivity index (χ4n) is 2.70. The third-order valence-electron chi connectivity index (χ3n) is 3.99. The molecule has 3 rings (SSSR count). The summed E-state index contributed by atoms with van der Waals surface area (Å²) in [5, 5.41) is 16.4. The van der Waals surface area contributed by atoms with Crippen molar-refractivity contribution in [3.05, 3.63) is 65.5 Å². The van der Waals surface area contributed by atoms with Crippen LogP contribution in [0.3, 0.4) is 0 Å². The molecule has 2 aromatic rings. The summed E-state index contributed by atoms with van der Waals surface area (Å²) in [6.45, 7) is 0.969. The van der Waals surface area contributed by atoms with Crippen LogP contribution < -0.4 is 10.6 Å². The van der Waals surface area contributed by atoms with Gasteiger partial charge < -0.3 is 15.7 Å². The van der Waals surface area contributed by atoms with Crippen LogP contribution in [0.25, 0.3) is 0 Å². The summed E-state index contributed by atoms with van der Waals surface area (Å²) in [6.07, 6.45) is 3.29. The van der Waals surface area contributed by atoms with Crippen LogP contribution >= 0.6 is 0 Å². The Hall–Kier alpha value is -2.24. The lowest BCUT2D eigenvalue weighted by Gasteiger charge is -2.30. The van der Waals surface area contributed by atoms with Crippen molar-refractivity contribution >= 4 is 5.91 Å². The number of aliphatic hydroxyl groups is 1. The maximum Gasteiger partial charge on any atom is 0.251 e. The fourth-order valence-corrected chi connectivity index (χ4v) is 2.70. The number of nitrogens with one attached hydrogen (secondary N) is 2. The highest BCUT2D eigenvalue weighted by atomic mass is 16.3. The Kier molecular flexibility index (Phi) is 4.46. The van der Waals surface area contributed by atoms with Gasteiger partial charge in [0, 0.05) is 37.1 Å². The molecule has 5 heteroatoms. The minimum atomic E-state index is -0.626. The minimum absolute atomic E-state index is 0.0485. The van der Waals surface area contributed by atoms with Gasteiger partial charge in [0.05, 0.1) is 6.10 Å². The van der Waals surface area contributed by atoms with E-state index in [9.17, 15) is 9.90 Å². The molecule has 0 aliphatic carbocycles. The second kappa shape index (κ2) is 6.68. The van der Waals surface area contributed by atoms with Gasteiger partial charge in [-0.25, -0.2) is 0 Å². The molecule has 2 atom stereocenters. The average Bonchev–Trinajstić information content (AvgIpc) is 2.59. The number of aliphatic hydroxyl groups excluding tert-OH is 1. The number of rotatable bonds is 4. The van der Waals surface area contributed by atoms with Crippen LogP contribution in [-0.2, 0) is 13.0 Å². The van der Waals surface area contributed by atoms with Gasteiger partial charge in [0.15, 0.2) is 0 Å². The molecule has 1 aromatic carbocycles. The topological polar surface area (TPSA) is 74.2 Å². The van der Waals surface area contributed by atoms with Gasteiger partial charge in [-0.15, -0.1) is 0 Å². The molecule has 0 fully saturated rings. The molecule has 22 heavy (non-hydrogen) atoms. The van der Waals surface area contributed by atoms with Crippen molar-refractivity contribution in [1.82, 2.24) is 15.6 Å². The summed E-state index contributed by atoms with van der Waals surface area (Å²) in [4.78, 5) is 15.8. The Balaban J connectivity index is 1.55. The average molecular weight is 297 g/mol. The molecular weight excluding hydrogens is 278 g/mol. The summed E-state index contributed by atoms with van der Waals surface area (Å²) < 4.78 is 0. The second-order valence-electron chi connectivity index (χ2n) is 5.47. The lowest BCUT2D eigenvalue weighted by Crippen LogP contribution is -2.49. The van der Waals surface area contributed by atoms with E-state index in [4.69, 9.17) is 0 Å². The van der Waals surface area contributed by atoms with E-state index in [1.54, 1.807) is 24.5 Å².